The third-order valence-corrected chi connectivity index (χ3v) is 3.37. The average molecular weight is 292 g/mol. The van der Waals surface area contributed by atoms with Gasteiger partial charge in [0, 0.05) is 32.4 Å². The fraction of sp³-hybridized carbons (Fsp3) is 0.400. The molecule has 0 radical (unpaired) electrons. The molecule has 1 aromatic carbocycles. The lowest BCUT2D eigenvalue weighted by Gasteiger charge is -2.13. The highest BCUT2D eigenvalue weighted by Gasteiger charge is 2.28. The molecular formula is C15H17FN2O3. The molecule has 1 fully saturated rings. The number of carbonyl (C=O) groups is 3. The maximum absolute atomic E-state index is 12.7. The normalized spacial score (nSPS) is 14.6. The van der Waals surface area contributed by atoms with Gasteiger partial charge in [0.1, 0.15) is 5.82 Å². The first-order valence-electron chi connectivity index (χ1n) is 6.90. The number of carbonyl (C=O) groups excluding carboxylic acids is 3. The number of nitrogens with one attached hydrogen (secondary N) is 1. The zero-order chi connectivity index (χ0) is 15.2. The smallest absolute Gasteiger partial charge is 0.229 e. The van der Waals surface area contributed by atoms with E-state index in [-0.39, 0.29) is 49.3 Å². The Morgan fingerprint density at radius 1 is 1.14 bits per heavy atom. The number of nitrogens with zero attached hydrogens (tertiary/aromatic N) is 1. The predicted molar refractivity (Wildman–Crippen MR) is 73.7 cm³/mol. The maximum atomic E-state index is 12.7. The van der Waals surface area contributed by atoms with Gasteiger partial charge in [0.15, 0.2) is 0 Å². The Morgan fingerprint density at radius 2 is 1.76 bits per heavy atom. The Balaban J connectivity index is 1.67. The molecule has 0 unspecified atom stereocenters. The summed E-state index contributed by atoms with van der Waals surface area (Å²) in [6, 6.07) is 6.09. The lowest BCUT2D eigenvalue weighted by molar-refractivity contribution is -0.138. The molecule has 2 rings (SSSR count). The standard InChI is InChI=1S/C15H17FN2O3/c16-12-3-1-11(2-4-12)7-9-17-13(19)8-10-18-14(20)5-6-15(18)21/h1-4H,5-10H2,(H,17,19). The van der Waals surface area contributed by atoms with E-state index in [0.717, 1.165) is 10.5 Å². The summed E-state index contributed by atoms with van der Waals surface area (Å²) in [6.07, 6.45) is 1.20. The van der Waals surface area contributed by atoms with Crippen LogP contribution in [-0.4, -0.2) is 35.7 Å². The third kappa shape index (κ3) is 4.37. The summed E-state index contributed by atoms with van der Waals surface area (Å²) in [5.74, 6) is -0.912. The van der Waals surface area contributed by atoms with Crippen LogP contribution in [0.15, 0.2) is 24.3 Å². The lowest BCUT2D eigenvalue weighted by atomic mass is 10.1. The van der Waals surface area contributed by atoms with Gasteiger partial charge >= 0.3 is 0 Å². The van der Waals surface area contributed by atoms with Crippen LogP contribution >= 0.6 is 0 Å². The molecular weight excluding hydrogens is 275 g/mol. The van der Waals surface area contributed by atoms with Gasteiger partial charge in [-0.25, -0.2) is 4.39 Å². The van der Waals surface area contributed by atoms with E-state index in [1.54, 1.807) is 12.1 Å². The molecule has 1 N–H and O–H groups in total. The van der Waals surface area contributed by atoms with E-state index >= 15 is 0 Å². The molecule has 6 heteroatoms. The van der Waals surface area contributed by atoms with E-state index in [1.807, 2.05) is 0 Å². The molecule has 0 saturated carbocycles. The summed E-state index contributed by atoms with van der Waals surface area (Å²) in [7, 11) is 0. The minimum Gasteiger partial charge on any atom is -0.356 e. The van der Waals surface area contributed by atoms with Crippen molar-refractivity contribution in [3.05, 3.63) is 35.6 Å². The van der Waals surface area contributed by atoms with E-state index in [2.05, 4.69) is 5.32 Å². The first kappa shape index (κ1) is 15.2. The summed E-state index contributed by atoms with van der Waals surface area (Å²) in [6.45, 7) is 0.576. The van der Waals surface area contributed by atoms with E-state index in [0.29, 0.717) is 13.0 Å². The Kier molecular flexibility index (Phi) is 5.03. The summed E-state index contributed by atoms with van der Waals surface area (Å²) in [5, 5.41) is 2.72. The van der Waals surface area contributed by atoms with Crippen molar-refractivity contribution in [1.82, 2.24) is 10.2 Å². The summed E-state index contributed by atoms with van der Waals surface area (Å²) >= 11 is 0. The minimum atomic E-state index is -0.289. The molecule has 21 heavy (non-hydrogen) atoms. The SMILES string of the molecule is O=C(CCN1C(=O)CCC1=O)NCCc1ccc(F)cc1. The molecule has 1 aliphatic rings. The first-order valence-corrected chi connectivity index (χ1v) is 6.90. The van der Waals surface area contributed by atoms with E-state index < -0.39 is 0 Å². The summed E-state index contributed by atoms with van der Waals surface area (Å²) in [5.41, 5.74) is 0.932. The van der Waals surface area contributed by atoms with Crippen LogP contribution in [0.3, 0.4) is 0 Å². The van der Waals surface area contributed by atoms with E-state index in [9.17, 15) is 18.8 Å². The number of likely N-dealkylation sites (tertiary alicyclic amines) is 1. The number of benzene rings is 1. The Labute approximate surface area is 122 Å². The van der Waals surface area contributed by atoms with Gasteiger partial charge in [0.2, 0.25) is 17.7 Å². The Morgan fingerprint density at radius 3 is 2.38 bits per heavy atom. The van der Waals surface area contributed by atoms with Gasteiger partial charge in [-0.1, -0.05) is 12.1 Å². The number of hydrogen-bond donors (Lipinski definition) is 1. The number of imide groups is 1. The number of halogens is 1. The first-order chi connectivity index (χ1) is 10.1. The van der Waals surface area contributed by atoms with Crippen molar-refractivity contribution in [2.24, 2.45) is 0 Å². The zero-order valence-corrected chi connectivity index (χ0v) is 11.6. The second-order valence-corrected chi connectivity index (χ2v) is 4.92. The zero-order valence-electron chi connectivity index (χ0n) is 11.6. The fourth-order valence-electron chi connectivity index (χ4n) is 2.17. The minimum absolute atomic E-state index is 0.112. The Hall–Kier alpha value is -2.24. The summed E-state index contributed by atoms with van der Waals surface area (Å²) in [4.78, 5) is 35.5. The second kappa shape index (κ2) is 6.97. The lowest BCUT2D eigenvalue weighted by Crippen LogP contribution is -2.34. The van der Waals surface area contributed by atoms with Crippen LogP contribution in [0.1, 0.15) is 24.8 Å². The van der Waals surface area contributed by atoms with Gasteiger partial charge in [-0.05, 0) is 24.1 Å². The van der Waals surface area contributed by atoms with Crippen LogP contribution in [-0.2, 0) is 20.8 Å². The van der Waals surface area contributed by atoms with Crippen LogP contribution < -0.4 is 5.32 Å². The number of rotatable bonds is 6. The molecule has 1 heterocycles. The van der Waals surface area contributed by atoms with E-state index in [1.165, 1.54) is 12.1 Å². The van der Waals surface area contributed by atoms with Gasteiger partial charge < -0.3 is 5.32 Å². The van der Waals surface area contributed by atoms with Gasteiger partial charge in [-0.15, -0.1) is 0 Å². The van der Waals surface area contributed by atoms with Crippen molar-refractivity contribution in [3.8, 4) is 0 Å². The quantitative estimate of drug-likeness (QED) is 0.796. The van der Waals surface area contributed by atoms with Crippen molar-refractivity contribution in [2.75, 3.05) is 13.1 Å². The van der Waals surface area contributed by atoms with Crippen molar-refractivity contribution in [3.63, 3.8) is 0 Å². The maximum Gasteiger partial charge on any atom is 0.229 e. The number of amides is 3. The van der Waals surface area contributed by atoms with Gasteiger partial charge in [0.05, 0.1) is 0 Å². The second-order valence-electron chi connectivity index (χ2n) is 4.92. The monoisotopic (exact) mass is 292 g/mol. The molecule has 0 aliphatic carbocycles. The topological polar surface area (TPSA) is 66.5 Å². The molecule has 0 atom stereocenters. The summed E-state index contributed by atoms with van der Waals surface area (Å²) < 4.78 is 12.7. The van der Waals surface area contributed by atoms with Crippen molar-refractivity contribution in [2.45, 2.75) is 25.7 Å². The van der Waals surface area contributed by atoms with Crippen LogP contribution in [0.25, 0.3) is 0 Å². The molecule has 1 saturated heterocycles. The molecule has 1 aromatic rings. The van der Waals surface area contributed by atoms with Gasteiger partial charge in [-0.3, -0.25) is 19.3 Å². The highest BCUT2D eigenvalue weighted by molar-refractivity contribution is 6.02. The van der Waals surface area contributed by atoms with Crippen molar-refractivity contribution in [1.29, 1.82) is 0 Å². The predicted octanol–water partition coefficient (Wildman–Crippen LogP) is 1.02. The number of hydrogen-bond acceptors (Lipinski definition) is 3. The highest BCUT2D eigenvalue weighted by Crippen LogP contribution is 2.11. The van der Waals surface area contributed by atoms with Crippen LogP contribution in [0.4, 0.5) is 4.39 Å². The van der Waals surface area contributed by atoms with E-state index in [4.69, 9.17) is 0 Å². The highest BCUT2D eigenvalue weighted by atomic mass is 19.1. The third-order valence-electron chi connectivity index (χ3n) is 3.37. The molecule has 0 aromatic heterocycles. The van der Waals surface area contributed by atoms with Crippen molar-refractivity contribution >= 4 is 17.7 Å². The van der Waals surface area contributed by atoms with Gasteiger partial charge in [-0.2, -0.15) is 0 Å². The molecule has 5 nitrogen and oxygen atoms in total. The van der Waals surface area contributed by atoms with Crippen LogP contribution in [0.5, 0.6) is 0 Å². The van der Waals surface area contributed by atoms with Crippen LogP contribution in [0.2, 0.25) is 0 Å². The van der Waals surface area contributed by atoms with Crippen LogP contribution in [0, 0.1) is 5.82 Å². The molecule has 1 aliphatic heterocycles. The van der Waals surface area contributed by atoms with Gasteiger partial charge in [0.25, 0.3) is 0 Å². The molecule has 0 bridgehead atoms. The largest absolute Gasteiger partial charge is 0.356 e. The average Bonchev–Trinajstić information content (AvgIpc) is 2.78. The van der Waals surface area contributed by atoms with Crippen molar-refractivity contribution < 1.29 is 18.8 Å². The Bertz CT molecular complexity index is 526. The molecule has 3 amide bonds. The molecule has 0 spiro atoms. The fourth-order valence-corrected chi connectivity index (χ4v) is 2.17. The molecule has 112 valence electrons.